The topological polar surface area (TPSA) is 0 Å². The van der Waals surface area contributed by atoms with E-state index >= 15 is 0 Å². The van der Waals surface area contributed by atoms with Crippen molar-refractivity contribution in [1.82, 2.24) is 0 Å². The summed E-state index contributed by atoms with van der Waals surface area (Å²) in [4.78, 5) is 0. The van der Waals surface area contributed by atoms with E-state index in [0.717, 1.165) is 24.5 Å². The quantitative estimate of drug-likeness (QED) is 0.546. The molecule has 0 atom stereocenters. The summed E-state index contributed by atoms with van der Waals surface area (Å²) < 4.78 is 25.4. The lowest BCUT2D eigenvalue weighted by molar-refractivity contribution is 0.537. The van der Waals surface area contributed by atoms with Gasteiger partial charge in [-0.15, -0.1) is 0 Å². The molecule has 0 spiro atoms. The maximum absolute atomic E-state index is 13.0. The summed E-state index contributed by atoms with van der Waals surface area (Å²) in [5, 5.41) is 0. The lowest BCUT2D eigenvalue weighted by atomic mass is 9.99. The first-order chi connectivity index (χ1) is 5.27. The number of allylic oxidation sites excluding steroid dienone is 4. The van der Waals surface area contributed by atoms with Crippen molar-refractivity contribution >= 4 is 0 Å². The van der Waals surface area contributed by atoms with Gasteiger partial charge in [-0.05, 0) is 30.8 Å². The predicted octanol–water partition coefficient (Wildman–Crippen LogP) is 3.27. The summed E-state index contributed by atoms with van der Waals surface area (Å²) >= 11 is 0. The van der Waals surface area contributed by atoms with Gasteiger partial charge in [-0.3, -0.25) is 0 Å². The van der Waals surface area contributed by atoms with Crippen LogP contribution >= 0.6 is 0 Å². The molecule has 1 saturated carbocycles. The van der Waals surface area contributed by atoms with Gasteiger partial charge in [-0.25, -0.2) is 8.78 Å². The summed E-state index contributed by atoms with van der Waals surface area (Å²) in [6, 6.07) is 0. The molecule has 0 bridgehead atoms. The highest BCUT2D eigenvalue weighted by atomic mass is 19.1. The lowest BCUT2D eigenvalue weighted by Crippen LogP contribution is -1.95. The average Bonchev–Trinajstić information content (AvgIpc) is 2.70. The van der Waals surface area contributed by atoms with Crippen LogP contribution in [0.2, 0.25) is 0 Å². The SMILES string of the molecule is FC1=CC(F)=C(C2CC2)CC1. The molecule has 0 aromatic heterocycles. The van der Waals surface area contributed by atoms with Crippen molar-refractivity contribution in [3.8, 4) is 0 Å². The Kier molecular flexibility index (Phi) is 1.55. The Morgan fingerprint density at radius 1 is 1.18 bits per heavy atom. The van der Waals surface area contributed by atoms with Crippen molar-refractivity contribution in [3.63, 3.8) is 0 Å². The fraction of sp³-hybridized carbons (Fsp3) is 0.556. The first-order valence-electron chi connectivity index (χ1n) is 4.02. The van der Waals surface area contributed by atoms with Crippen molar-refractivity contribution in [3.05, 3.63) is 23.3 Å². The molecule has 2 heteroatoms. The van der Waals surface area contributed by atoms with E-state index in [4.69, 9.17) is 0 Å². The first-order valence-corrected chi connectivity index (χ1v) is 4.02. The summed E-state index contributed by atoms with van der Waals surface area (Å²) in [5.41, 5.74) is 0.853. The minimum atomic E-state index is -0.313. The molecule has 0 aromatic rings. The Morgan fingerprint density at radius 3 is 2.45 bits per heavy atom. The van der Waals surface area contributed by atoms with Crippen molar-refractivity contribution in [2.45, 2.75) is 25.7 Å². The fourth-order valence-electron chi connectivity index (χ4n) is 1.51. The second-order valence-corrected chi connectivity index (χ2v) is 3.24. The number of rotatable bonds is 1. The monoisotopic (exact) mass is 156 g/mol. The van der Waals surface area contributed by atoms with Crippen LogP contribution in [-0.4, -0.2) is 0 Å². The summed E-state index contributed by atoms with van der Waals surface area (Å²) in [6.45, 7) is 0. The van der Waals surface area contributed by atoms with E-state index in [0.29, 0.717) is 18.8 Å². The number of hydrogen-bond acceptors (Lipinski definition) is 0. The van der Waals surface area contributed by atoms with Gasteiger partial charge < -0.3 is 0 Å². The average molecular weight is 156 g/mol. The molecule has 2 rings (SSSR count). The molecule has 0 aliphatic heterocycles. The molecule has 0 amide bonds. The van der Waals surface area contributed by atoms with Crippen LogP contribution in [0.4, 0.5) is 8.78 Å². The molecular formula is C9H10F2. The second kappa shape index (κ2) is 2.43. The highest BCUT2D eigenvalue weighted by Crippen LogP contribution is 2.43. The van der Waals surface area contributed by atoms with Gasteiger partial charge in [0.2, 0.25) is 0 Å². The molecule has 0 saturated heterocycles. The molecule has 0 heterocycles. The zero-order valence-electron chi connectivity index (χ0n) is 6.24. The molecule has 2 aliphatic carbocycles. The van der Waals surface area contributed by atoms with E-state index in [1.54, 1.807) is 0 Å². The molecular weight excluding hydrogens is 146 g/mol. The Hall–Kier alpha value is -0.660. The van der Waals surface area contributed by atoms with Crippen molar-refractivity contribution in [2.24, 2.45) is 5.92 Å². The summed E-state index contributed by atoms with van der Waals surface area (Å²) in [7, 11) is 0. The Labute approximate surface area is 64.6 Å². The van der Waals surface area contributed by atoms with Crippen molar-refractivity contribution < 1.29 is 8.78 Å². The normalized spacial score (nSPS) is 25.5. The third-order valence-corrected chi connectivity index (χ3v) is 2.29. The van der Waals surface area contributed by atoms with E-state index in [2.05, 4.69) is 0 Å². The molecule has 0 N–H and O–H groups in total. The molecule has 2 aliphatic rings. The van der Waals surface area contributed by atoms with Gasteiger partial charge in [-0.2, -0.15) is 0 Å². The van der Waals surface area contributed by atoms with Crippen LogP contribution < -0.4 is 0 Å². The predicted molar refractivity (Wildman–Crippen MR) is 39.3 cm³/mol. The standard InChI is InChI=1S/C9H10F2/c10-7-3-4-8(6-1-2-6)9(11)5-7/h5-6H,1-4H2. The number of hydrogen-bond donors (Lipinski definition) is 0. The minimum Gasteiger partial charge on any atom is -0.212 e. The van der Waals surface area contributed by atoms with E-state index < -0.39 is 0 Å². The Bertz CT molecular complexity index is 234. The molecule has 0 unspecified atom stereocenters. The third kappa shape index (κ3) is 1.35. The Morgan fingerprint density at radius 2 is 1.91 bits per heavy atom. The zero-order chi connectivity index (χ0) is 7.84. The maximum Gasteiger partial charge on any atom is 0.125 e. The second-order valence-electron chi connectivity index (χ2n) is 3.24. The summed E-state index contributed by atoms with van der Waals surface area (Å²) in [6.07, 6.45) is 4.23. The molecule has 1 fully saturated rings. The summed E-state index contributed by atoms with van der Waals surface area (Å²) in [5.74, 6) is -0.178. The van der Waals surface area contributed by atoms with Crippen LogP contribution in [0, 0.1) is 5.92 Å². The first kappa shape index (κ1) is 7.01. The van der Waals surface area contributed by atoms with Crippen molar-refractivity contribution in [1.29, 1.82) is 0 Å². The van der Waals surface area contributed by atoms with Gasteiger partial charge in [-0.1, -0.05) is 0 Å². The largest absolute Gasteiger partial charge is 0.212 e. The van der Waals surface area contributed by atoms with Gasteiger partial charge in [0.05, 0.1) is 0 Å². The highest BCUT2D eigenvalue weighted by Gasteiger charge is 2.29. The van der Waals surface area contributed by atoms with E-state index in [-0.39, 0.29) is 11.7 Å². The van der Waals surface area contributed by atoms with E-state index in [9.17, 15) is 8.78 Å². The Balaban J connectivity index is 2.22. The van der Waals surface area contributed by atoms with E-state index in [1.807, 2.05) is 0 Å². The van der Waals surface area contributed by atoms with Crippen molar-refractivity contribution in [2.75, 3.05) is 0 Å². The lowest BCUT2D eigenvalue weighted by Gasteiger charge is -2.10. The van der Waals surface area contributed by atoms with Gasteiger partial charge in [0.15, 0.2) is 0 Å². The molecule has 11 heavy (non-hydrogen) atoms. The van der Waals surface area contributed by atoms with Gasteiger partial charge in [0.25, 0.3) is 0 Å². The molecule has 0 radical (unpaired) electrons. The van der Waals surface area contributed by atoms with Crippen LogP contribution in [0.15, 0.2) is 23.3 Å². The fourth-order valence-corrected chi connectivity index (χ4v) is 1.51. The van der Waals surface area contributed by atoms with E-state index in [1.165, 1.54) is 0 Å². The van der Waals surface area contributed by atoms with Gasteiger partial charge >= 0.3 is 0 Å². The maximum atomic E-state index is 13.0. The smallest absolute Gasteiger partial charge is 0.125 e. The van der Waals surface area contributed by atoms with Crippen LogP contribution in [0.25, 0.3) is 0 Å². The van der Waals surface area contributed by atoms with Crippen LogP contribution in [0.5, 0.6) is 0 Å². The zero-order valence-corrected chi connectivity index (χ0v) is 6.24. The molecule has 0 nitrogen and oxygen atoms in total. The minimum absolute atomic E-state index is 0.309. The highest BCUT2D eigenvalue weighted by molar-refractivity contribution is 5.30. The van der Waals surface area contributed by atoms with Crippen LogP contribution in [0.3, 0.4) is 0 Å². The van der Waals surface area contributed by atoms with Crippen LogP contribution in [0.1, 0.15) is 25.7 Å². The molecule has 0 aromatic carbocycles. The third-order valence-electron chi connectivity index (χ3n) is 2.29. The molecule has 60 valence electrons. The van der Waals surface area contributed by atoms with Gasteiger partial charge in [0.1, 0.15) is 11.7 Å². The van der Waals surface area contributed by atoms with Crippen LogP contribution in [-0.2, 0) is 0 Å². The van der Waals surface area contributed by atoms with Gasteiger partial charge in [0, 0.05) is 12.5 Å². The number of halogens is 2.